The fraction of sp³-hybridized carbons (Fsp3) is 0.556. The topological polar surface area (TPSA) is 60.6 Å². The van der Waals surface area contributed by atoms with Gasteiger partial charge < -0.3 is 14.0 Å². The van der Waals surface area contributed by atoms with Crippen LogP contribution in [0.15, 0.2) is 22.7 Å². The minimum Gasteiger partial charge on any atom is -0.454 e. The first-order chi connectivity index (χ1) is 11.5. The number of benzene rings is 1. The minimum atomic E-state index is -0.203. The Morgan fingerprint density at radius 2 is 2.00 bits per heavy atom. The molecule has 3 rings (SSSR count). The second-order valence-corrected chi connectivity index (χ2v) is 6.69. The first kappa shape index (κ1) is 16.8. The van der Waals surface area contributed by atoms with Gasteiger partial charge in [0.15, 0.2) is 17.3 Å². The molecule has 0 aliphatic carbocycles. The summed E-state index contributed by atoms with van der Waals surface area (Å²) in [6, 6.07) is 6.08. The van der Waals surface area contributed by atoms with Gasteiger partial charge in [0, 0.05) is 12.0 Å². The molecule has 0 amide bonds. The van der Waals surface area contributed by atoms with Crippen LogP contribution in [0.4, 0.5) is 0 Å². The Hall–Kier alpha value is -2.08. The van der Waals surface area contributed by atoms with Crippen molar-refractivity contribution in [3.63, 3.8) is 0 Å². The van der Waals surface area contributed by atoms with Crippen molar-refractivity contribution < 1.29 is 14.0 Å². The fourth-order valence-corrected chi connectivity index (χ4v) is 2.69. The molecule has 2 aromatic rings. The summed E-state index contributed by atoms with van der Waals surface area (Å²) >= 11 is 0. The molecule has 0 bridgehead atoms. The molecule has 130 valence electrons. The molecular weight excluding hydrogens is 306 g/mol. The highest BCUT2D eigenvalue weighted by Gasteiger charge is 2.29. The first-order valence-electron chi connectivity index (χ1n) is 8.43. The molecule has 2 heterocycles. The van der Waals surface area contributed by atoms with Gasteiger partial charge in [0.2, 0.25) is 12.7 Å². The molecule has 1 aliphatic rings. The van der Waals surface area contributed by atoms with Crippen molar-refractivity contribution in [2.45, 2.75) is 52.1 Å². The van der Waals surface area contributed by atoms with Crippen LogP contribution < -0.4 is 9.47 Å². The summed E-state index contributed by atoms with van der Waals surface area (Å²) in [4.78, 5) is 6.70. The van der Waals surface area contributed by atoms with Gasteiger partial charge in [-0.2, -0.15) is 4.98 Å². The number of rotatable bonds is 7. The van der Waals surface area contributed by atoms with Crippen molar-refractivity contribution in [2.24, 2.45) is 0 Å². The zero-order valence-corrected chi connectivity index (χ0v) is 14.8. The molecule has 0 N–H and O–H groups in total. The molecular formula is C18H25N3O3. The van der Waals surface area contributed by atoms with E-state index >= 15 is 0 Å². The second kappa shape index (κ2) is 6.81. The Balaban J connectivity index is 1.70. The van der Waals surface area contributed by atoms with Crippen molar-refractivity contribution in [3.8, 4) is 11.5 Å². The number of ether oxygens (including phenoxy) is 2. The van der Waals surface area contributed by atoms with E-state index in [0.717, 1.165) is 48.0 Å². The van der Waals surface area contributed by atoms with E-state index in [1.54, 1.807) is 0 Å². The Morgan fingerprint density at radius 3 is 2.79 bits per heavy atom. The highest BCUT2D eigenvalue weighted by molar-refractivity contribution is 5.46. The van der Waals surface area contributed by atoms with Crippen LogP contribution in [0.5, 0.6) is 11.5 Å². The van der Waals surface area contributed by atoms with Crippen LogP contribution in [0.25, 0.3) is 0 Å². The molecule has 0 radical (unpaired) electrons. The monoisotopic (exact) mass is 331 g/mol. The Morgan fingerprint density at radius 1 is 1.21 bits per heavy atom. The normalized spacial score (nSPS) is 13.7. The van der Waals surface area contributed by atoms with Crippen molar-refractivity contribution in [1.29, 1.82) is 0 Å². The second-order valence-electron chi connectivity index (χ2n) is 6.69. The number of fused-ring (bicyclic) bond motifs is 1. The summed E-state index contributed by atoms with van der Waals surface area (Å²) in [5, 5.41) is 4.10. The van der Waals surface area contributed by atoms with E-state index in [-0.39, 0.29) is 5.54 Å². The van der Waals surface area contributed by atoms with Crippen LogP contribution >= 0.6 is 0 Å². The first-order valence-corrected chi connectivity index (χ1v) is 8.43. The van der Waals surface area contributed by atoms with Gasteiger partial charge in [0.25, 0.3) is 0 Å². The van der Waals surface area contributed by atoms with Gasteiger partial charge >= 0.3 is 0 Å². The van der Waals surface area contributed by atoms with Crippen LogP contribution in [-0.2, 0) is 18.5 Å². The maximum atomic E-state index is 5.49. The van der Waals surface area contributed by atoms with Crippen LogP contribution in [0.3, 0.4) is 0 Å². The lowest BCUT2D eigenvalue weighted by atomic mass is 9.92. The van der Waals surface area contributed by atoms with Crippen LogP contribution in [0.2, 0.25) is 0 Å². The number of aromatic nitrogens is 2. The SMILES string of the molecule is CCCCc1nc(CN(C)C(C)(C)c2ccc3c(c2)OCO3)no1. The minimum absolute atomic E-state index is 0.203. The van der Waals surface area contributed by atoms with Gasteiger partial charge in [0.05, 0.1) is 6.54 Å². The van der Waals surface area contributed by atoms with Crippen LogP contribution in [0.1, 0.15) is 50.9 Å². The number of aryl methyl sites for hydroxylation is 1. The summed E-state index contributed by atoms with van der Waals surface area (Å²) in [5.74, 6) is 3.05. The lowest BCUT2D eigenvalue weighted by Crippen LogP contribution is -2.38. The third-order valence-corrected chi connectivity index (χ3v) is 4.67. The van der Waals surface area contributed by atoms with E-state index in [9.17, 15) is 0 Å². The maximum Gasteiger partial charge on any atom is 0.231 e. The Bertz CT molecular complexity index is 697. The average Bonchev–Trinajstić information content (AvgIpc) is 3.20. The molecule has 1 aliphatic heterocycles. The van der Waals surface area contributed by atoms with Crippen molar-refractivity contribution in [3.05, 3.63) is 35.5 Å². The number of unbranched alkanes of at least 4 members (excludes halogenated alkanes) is 1. The van der Waals surface area contributed by atoms with E-state index in [2.05, 4.69) is 48.9 Å². The zero-order valence-electron chi connectivity index (χ0n) is 14.8. The van der Waals surface area contributed by atoms with Crippen LogP contribution in [0, 0.1) is 0 Å². The predicted molar refractivity (Wildman–Crippen MR) is 90.0 cm³/mol. The number of nitrogens with zero attached hydrogens (tertiary/aromatic N) is 3. The quantitative estimate of drug-likeness (QED) is 0.774. The van der Waals surface area contributed by atoms with Gasteiger partial charge in [-0.05, 0) is 45.0 Å². The summed E-state index contributed by atoms with van der Waals surface area (Å²) < 4.78 is 16.2. The van der Waals surface area contributed by atoms with E-state index < -0.39 is 0 Å². The molecule has 0 saturated carbocycles. The summed E-state index contributed by atoms with van der Waals surface area (Å²) in [6.07, 6.45) is 3.04. The van der Waals surface area contributed by atoms with Gasteiger partial charge in [-0.3, -0.25) is 4.90 Å². The molecule has 1 aromatic carbocycles. The highest BCUT2D eigenvalue weighted by Crippen LogP contribution is 2.37. The number of hydrogen-bond acceptors (Lipinski definition) is 6. The van der Waals surface area contributed by atoms with Gasteiger partial charge in [0.1, 0.15) is 0 Å². The molecule has 24 heavy (non-hydrogen) atoms. The van der Waals surface area contributed by atoms with E-state index in [1.165, 1.54) is 0 Å². The summed E-state index contributed by atoms with van der Waals surface area (Å²) in [7, 11) is 2.06. The van der Waals surface area contributed by atoms with Crippen molar-refractivity contribution >= 4 is 0 Å². The standard InChI is InChI=1S/C18H25N3O3/c1-5-6-7-17-19-16(20-24-17)11-21(4)18(2,3)13-8-9-14-15(10-13)23-12-22-14/h8-10H,5-7,11-12H2,1-4H3. The number of hydrogen-bond donors (Lipinski definition) is 0. The maximum absolute atomic E-state index is 5.49. The van der Waals surface area contributed by atoms with E-state index in [1.807, 2.05) is 12.1 Å². The molecule has 0 spiro atoms. The smallest absolute Gasteiger partial charge is 0.231 e. The molecule has 0 atom stereocenters. The molecule has 1 aromatic heterocycles. The zero-order chi connectivity index (χ0) is 17.2. The van der Waals surface area contributed by atoms with Crippen LogP contribution in [-0.4, -0.2) is 28.9 Å². The molecule has 6 nitrogen and oxygen atoms in total. The van der Waals surface area contributed by atoms with E-state index in [0.29, 0.717) is 13.3 Å². The van der Waals surface area contributed by atoms with Gasteiger partial charge in [-0.25, -0.2) is 0 Å². The summed E-state index contributed by atoms with van der Waals surface area (Å²) in [5.41, 5.74) is 0.953. The third-order valence-electron chi connectivity index (χ3n) is 4.67. The molecule has 0 saturated heterocycles. The molecule has 0 fully saturated rings. The van der Waals surface area contributed by atoms with Crippen molar-refractivity contribution in [1.82, 2.24) is 15.0 Å². The summed E-state index contributed by atoms with van der Waals surface area (Å²) in [6.45, 7) is 7.40. The molecule has 6 heteroatoms. The third kappa shape index (κ3) is 3.38. The Labute approximate surface area is 142 Å². The average molecular weight is 331 g/mol. The fourth-order valence-electron chi connectivity index (χ4n) is 2.69. The van der Waals surface area contributed by atoms with E-state index in [4.69, 9.17) is 14.0 Å². The molecule has 0 unspecified atom stereocenters. The Kier molecular flexibility index (Phi) is 4.76. The predicted octanol–water partition coefficient (Wildman–Crippen LogP) is 3.51. The van der Waals surface area contributed by atoms with Crippen molar-refractivity contribution in [2.75, 3.05) is 13.8 Å². The largest absolute Gasteiger partial charge is 0.454 e. The lowest BCUT2D eigenvalue weighted by Gasteiger charge is -2.35. The van der Waals surface area contributed by atoms with Gasteiger partial charge in [-0.15, -0.1) is 0 Å². The lowest BCUT2D eigenvalue weighted by molar-refractivity contribution is 0.142. The van der Waals surface area contributed by atoms with Gasteiger partial charge in [-0.1, -0.05) is 24.6 Å². The highest BCUT2D eigenvalue weighted by atomic mass is 16.7.